The minimum absolute atomic E-state index is 0.0986. The normalized spacial score (nSPS) is 11.7. The van der Waals surface area contributed by atoms with Gasteiger partial charge in [-0.15, -0.1) is 0 Å². The molecule has 0 saturated carbocycles. The van der Waals surface area contributed by atoms with Crippen molar-refractivity contribution in [3.63, 3.8) is 0 Å². The van der Waals surface area contributed by atoms with Crippen LogP contribution in [0.2, 0.25) is 5.02 Å². The fourth-order valence-corrected chi connectivity index (χ4v) is 3.45. The van der Waals surface area contributed by atoms with E-state index in [-0.39, 0.29) is 4.90 Å². The van der Waals surface area contributed by atoms with Crippen molar-refractivity contribution in [3.05, 3.63) is 47.4 Å². The van der Waals surface area contributed by atoms with Crippen LogP contribution in [0.1, 0.15) is 5.69 Å². The van der Waals surface area contributed by atoms with Crippen molar-refractivity contribution in [2.24, 2.45) is 0 Å². The molecule has 2 aromatic heterocycles. The number of anilines is 1. The molecular weight excluding hydrogens is 312 g/mol. The Morgan fingerprint density at radius 3 is 2.81 bits per heavy atom. The summed E-state index contributed by atoms with van der Waals surface area (Å²) in [4.78, 5) is 4.29. The Morgan fingerprint density at radius 2 is 2.10 bits per heavy atom. The maximum absolute atomic E-state index is 12.4. The van der Waals surface area contributed by atoms with E-state index >= 15 is 0 Å². The molecular formula is C13H11ClN4O2S. The smallest absolute Gasteiger partial charge is 0.265 e. The summed E-state index contributed by atoms with van der Waals surface area (Å²) in [5, 5.41) is 7.52. The summed E-state index contributed by atoms with van der Waals surface area (Å²) in [7, 11) is -3.73. The lowest BCUT2D eigenvalue weighted by Gasteiger charge is -2.10. The zero-order valence-corrected chi connectivity index (χ0v) is 12.5. The summed E-state index contributed by atoms with van der Waals surface area (Å²) in [6, 6.07) is 6.74. The van der Waals surface area contributed by atoms with Gasteiger partial charge in [0.05, 0.1) is 28.1 Å². The molecule has 0 radical (unpaired) electrons. The van der Waals surface area contributed by atoms with E-state index in [1.807, 2.05) is 0 Å². The van der Waals surface area contributed by atoms with Crippen LogP contribution >= 0.6 is 11.6 Å². The Bertz CT molecular complexity index is 921. The third-order valence-electron chi connectivity index (χ3n) is 3.03. The van der Waals surface area contributed by atoms with Crippen LogP contribution in [0.25, 0.3) is 10.9 Å². The molecule has 0 unspecified atom stereocenters. The summed E-state index contributed by atoms with van der Waals surface area (Å²) in [6.07, 6.45) is 2.85. The van der Waals surface area contributed by atoms with Crippen LogP contribution in [-0.2, 0) is 10.0 Å². The van der Waals surface area contributed by atoms with Gasteiger partial charge in [0, 0.05) is 11.6 Å². The van der Waals surface area contributed by atoms with Crippen LogP contribution in [0.4, 0.5) is 5.69 Å². The fraction of sp³-hybridized carbons (Fsp3) is 0.0769. The molecule has 0 spiro atoms. The zero-order chi connectivity index (χ0) is 15.0. The molecule has 8 heteroatoms. The van der Waals surface area contributed by atoms with Gasteiger partial charge in [0.15, 0.2) is 0 Å². The van der Waals surface area contributed by atoms with E-state index in [0.29, 0.717) is 27.3 Å². The lowest BCUT2D eigenvalue weighted by molar-refractivity contribution is 0.600. The summed E-state index contributed by atoms with van der Waals surface area (Å²) >= 11 is 6.09. The maximum atomic E-state index is 12.4. The van der Waals surface area contributed by atoms with E-state index in [1.54, 1.807) is 37.4 Å². The summed E-state index contributed by atoms with van der Waals surface area (Å²) in [5.41, 5.74) is 1.33. The number of hydrogen-bond donors (Lipinski definition) is 2. The molecule has 0 aliphatic carbocycles. The average Bonchev–Trinajstić information content (AvgIpc) is 2.89. The number of halogens is 1. The SMILES string of the molecule is Cc1[nH]ncc1S(=O)(=O)Nc1ccc(Cl)c2cccnc12. The van der Waals surface area contributed by atoms with Crippen molar-refractivity contribution in [1.29, 1.82) is 0 Å². The third kappa shape index (κ3) is 2.45. The van der Waals surface area contributed by atoms with Crippen molar-refractivity contribution in [3.8, 4) is 0 Å². The molecule has 2 N–H and O–H groups in total. The van der Waals surface area contributed by atoms with E-state index in [1.165, 1.54) is 6.20 Å². The quantitative estimate of drug-likeness (QED) is 0.776. The molecule has 3 aromatic rings. The van der Waals surface area contributed by atoms with Gasteiger partial charge in [0.1, 0.15) is 4.90 Å². The average molecular weight is 323 g/mol. The Kier molecular flexibility index (Phi) is 3.30. The van der Waals surface area contributed by atoms with E-state index in [0.717, 1.165) is 0 Å². The van der Waals surface area contributed by atoms with Gasteiger partial charge in [0.2, 0.25) is 0 Å². The summed E-state index contributed by atoms with van der Waals surface area (Å²) in [5.74, 6) is 0. The lowest BCUT2D eigenvalue weighted by Crippen LogP contribution is -2.13. The molecule has 0 fully saturated rings. The van der Waals surface area contributed by atoms with Crippen LogP contribution in [0.15, 0.2) is 41.6 Å². The highest BCUT2D eigenvalue weighted by atomic mass is 35.5. The number of aromatic nitrogens is 3. The van der Waals surface area contributed by atoms with E-state index in [4.69, 9.17) is 11.6 Å². The van der Waals surface area contributed by atoms with Gasteiger partial charge in [-0.3, -0.25) is 14.8 Å². The van der Waals surface area contributed by atoms with Gasteiger partial charge in [-0.2, -0.15) is 5.10 Å². The molecule has 6 nitrogen and oxygen atoms in total. The molecule has 3 rings (SSSR count). The first-order valence-corrected chi connectivity index (χ1v) is 7.91. The highest BCUT2D eigenvalue weighted by molar-refractivity contribution is 7.92. The van der Waals surface area contributed by atoms with E-state index < -0.39 is 10.0 Å². The number of aromatic amines is 1. The van der Waals surface area contributed by atoms with Crippen LogP contribution in [-0.4, -0.2) is 23.6 Å². The van der Waals surface area contributed by atoms with Gasteiger partial charge >= 0.3 is 0 Å². The number of nitrogens with zero attached hydrogens (tertiary/aromatic N) is 2. The first-order chi connectivity index (χ1) is 9.99. The van der Waals surface area contributed by atoms with Crippen molar-refractivity contribution in [2.45, 2.75) is 11.8 Å². The largest absolute Gasteiger partial charge is 0.281 e. The number of rotatable bonds is 3. The number of hydrogen-bond acceptors (Lipinski definition) is 4. The Balaban J connectivity index is 2.11. The molecule has 21 heavy (non-hydrogen) atoms. The number of benzene rings is 1. The Morgan fingerprint density at radius 1 is 1.29 bits per heavy atom. The molecule has 0 aliphatic rings. The first kappa shape index (κ1) is 13.8. The fourth-order valence-electron chi connectivity index (χ4n) is 2.03. The minimum Gasteiger partial charge on any atom is -0.281 e. The molecule has 108 valence electrons. The monoisotopic (exact) mass is 322 g/mol. The van der Waals surface area contributed by atoms with Crippen molar-refractivity contribution < 1.29 is 8.42 Å². The van der Waals surface area contributed by atoms with Gasteiger partial charge in [-0.25, -0.2) is 8.42 Å². The standard InChI is InChI=1S/C13H11ClN4O2S/c1-8-12(7-16-17-8)21(19,20)18-11-5-4-10(14)9-3-2-6-15-13(9)11/h2-7,18H,1H3,(H,16,17). The highest BCUT2D eigenvalue weighted by Crippen LogP contribution is 2.29. The van der Waals surface area contributed by atoms with E-state index in [9.17, 15) is 8.42 Å². The van der Waals surface area contributed by atoms with E-state index in [2.05, 4.69) is 19.9 Å². The highest BCUT2D eigenvalue weighted by Gasteiger charge is 2.20. The number of nitrogens with one attached hydrogen (secondary N) is 2. The predicted molar refractivity (Wildman–Crippen MR) is 80.9 cm³/mol. The Labute approximate surface area is 126 Å². The number of fused-ring (bicyclic) bond motifs is 1. The molecule has 0 aliphatic heterocycles. The van der Waals surface area contributed by atoms with Crippen LogP contribution in [0, 0.1) is 6.92 Å². The summed E-state index contributed by atoms with van der Waals surface area (Å²) < 4.78 is 27.3. The number of pyridine rings is 1. The zero-order valence-electron chi connectivity index (χ0n) is 11.0. The van der Waals surface area contributed by atoms with Crippen LogP contribution < -0.4 is 4.72 Å². The minimum atomic E-state index is -3.73. The van der Waals surface area contributed by atoms with Crippen LogP contribution in [0.3, 0.4) is 0 Å². The molecule has 2 heterocycles. The lowest BCUT2D eigenvalue weighted by atomic mass is 10.2. The second kappa shape index (κ2) is 5.01. The summed E-state index contributed by atoms with van der Waals surface area (Å²) in [6.45, 7) is 1.64. The van der Waals surface area contributed by atoms with Gasteiger partial charge < -0.3 is 0 Å². The second-order valence-corrected chi connectivity index (χ2v) is 6.52. The molecule has 0 saturated heterocycles. The number of aryl methyl sites for hydroxylation is 1. The molecule has 0 atom stereocenters. The third-order valence-corrected chi connectivity index (χ3v) is 4.84. The van der Waals surface area contributed by atoms with Gasteiger partial charge in [0.25, 0.3) is 10.0 Å². The molecule has 0 bridgehead atoms. The van der Waals surface area contributed by atoms with Gasteiger partial charge in [-0.05, 0) is 31.2 Å². The topological polar surface area (TPSA) is 87.7 Å². The van der Waals surface area contributed by atoms with Crippen molar-refractivity contribution in [2.75, 3.05) is 4.72 Å². The van der Waals surface area contributed by atoms with Crippen molar-refractivity contribution >= 4 is 38.2 Å². The first-order valence-electron chi connectivity index (χ1n) is 6.05. The van der Waals surface area contributed by atoms with Crippen molar-refractivity contribution in [1.82, 2.24) is 15.2 Å². The number of H-pyrrole nitrogens is 1. The second-order valence-electron chi connectivity index (χ2n) is 4.46. The Hall–Kier alpha value is -2.12. The maximum Gasteiger partial charge on any atom is 0.265 e. The van der Waals surface area contributed by atoms with Crippen LogP contribution in [0.5, 0.6) is 0 Å². The molecule has 1 aromatic carbocycles. The number of sulfonamides is 1. The van der Waals surface area contributed by atoms with Gasteiger partial charge in [-0.1, -0.05) is 11.6 Å². The predicted octanol–water partition coefficient (Wildman–Crippen LogP) is 2.72. The molecule has 0 amide bonds.